The largest absolute Gasteiger partial charge is 0.490 e. The minimum absolute atomic E-state index is 0.0927. The fraction of sp³-hybridized carbons (Fsp3) is 0.269. The van der Waals surface area contributed by atoms with Crippen molar-refractivity contribution < 1.29 is 50.5 Å². The van der Waals surface area contributed by atoms with Crippen LogP contribution < -0.4 is 16.0 Å². The highest BCUT2D eigenvalue weighted by molar-refractivity contribution is 6.07. The molecule has 11 nitrogen and oxygen atoms in total. The fourth-order valence-electron chi connectivity index (χ4n) is 4.44. The number of benzene rings is 2. The maximum absolute atomic E-state index is 14.4. The third-order valence-corrected chi connectivity index (χ3v) is 6.44. The zero-order valence-electron chi connectivity index (χ0n) is 22.4. The van der Waals surface area contributed by atoms with E-state index in [-0.39, 0.29) is 22.8 Å². The number of aliphatic carboxylic acids is 1. The monoisotopic (exact) mass is 629 g/mol. The van der Waals surface area contributed by atoms with Crippen LogP contribution >= 0.6 is 0 Å². The number of nitrogens with one attached hydrogen (secondary N) is 2. The number of amides is 1. The van der Waals surface area contributed by atoms with Crippen LogP contribution in [0.5, 0.6) is 0 Å². The molecule has 2 aromatic heterocycles. The Morgan fingerprint density at radius 1 is 1.09 bits per heavy atom. The molecule has 234 valence electrons. The van der Waals surface area contributed by atoms with Crippen LogP contribution in [0.25, 0.3) is 10.9 Å². The Balaban J connectivity index is 0.000000566. The van der Waals surface area contributed by atoms with Crippen molar-refractivity contribution in [3.8, 4) is 0 Å². The lowest BCUT2D eigenvalue weighted by Crippen LogP contribution is -2.21. The van der Waals surface area contributed by atoms with Crippen LogP contribution in [0.2, 0.25) is 0 Å². The average Bonchev–Trinajstić information content (AvgIpc) is 3.52. The molecular formula is C26H22F7N7O4. The number of aliphatic hydroxyl groups is 1. The SMILES string of the molecule is CC(O)c1n[nH]c2c1CN(c1nc(NCc3c(F)cccc3C(F)(F)F)c3cccc(C(N)=O)c3n1)C2.O=C(O)C(F)(F)F. The third kappa shape index (κ3) is 6.64. The number of hydrogen-bond donors (Lipinski definition) is 5. The highest BCUT2D eigenvalue weighted by Crippen LogP contribution is 2.35. The van der Waals surface area contributed by atoms with Crippen molar-refractivity contribution in [2.24, 2.45) is 5.73 Å². The first-order chi connectivity index (χ1) is 20.5. The van der Waals surface area contributed by atoms with Crippen LogP contribution in [0.1, 0.15) is 51.5 Å². The molecule has 1 aliphatic heterocycles. The molecule has 0 bridgehead atoms. The van der Waals surface area contributed by atoms with E-state index in [1.165, 1.54) is 6.07 Å². The molecule has 0 saturated carbocycles. The van der Waals surface area contributed by atoms with Crippen LogP contribution in [0.15, 0.2) is 36.4 Å². The number of H-pyrrole nitrogens is 1. The summed E-state index contributed by atoms with van der Waals surface area (Å²) < 4.78 is 86.7. The zero-order valence-corrected chi connectivity index (χ0v) is 22.4. The molecule has 1 aliphatic rings. The lowest BCUT2D eigenvalue weighted by molar-refractivity contribution is -0.192. The van der Waals surface area contributed by atoms with Gasteiger partial charge in [0, 0.05) is 23.1 Å². The van der Waals surface area contributed by atoms with Gasteiger partial charge in [0.25, 0.3) is 5.91 Å². The van der Waals surface area contributed by atoms with Crippen molar-refractivity contribution in [1.82, 2.24) is 20.2 Å². The van der Waals surface area contributed by atoms with Crippen LogP contribution in [0.3, 0.4) is 0 Å². The molecule has 5 rings (SSSR count). The number of anilines is 2. The number of aliphatic hydroxyl groups excluding tert-OH is 1. The number of carboxylic acids is 1. The lowest BCUT2D eigenvalue weighted by Gasteiger charge is -2.20. The molecule has 4 aromatic rings. The highest BCUT2D eigenvalue weighted by Gasteiger charge is 2.38. The Morgan fingerprint density at radius 2 is 1.75 bits per heavy atom. The van der Waals surface area contributed by atoms with Gasteiger partial charge in [-0.3, -0.25) is 9.89 Å². The minimum atomic E-state index is -5.08. The summed E-state index contributed by atoms with van der Waals surface area (Å²) in [7, 11) is 0. The average molecular weight is 629 g/mol. The molecule has 0 fully saturated rings. The van der Waals surface area contributed by atoms with Gasteiger partial charge < -0.3 is 26.2 Å². The number of carboxylic acid groups (broad SMARTS) is 1. The predicted octanol–water partition coefficient (Wildman–Crippen LogP) is 4.43. The second-order valence-corrected chi connectivity index (χ2v) is 9.46. The van der Waals surface area contributed by atoms with Crippen molar-refractivity contribution in [3.05, 3.63) is 75.9 Å². The number of rotatable bonds is 6. The summed E-state index contributed by atoms with van der Waals surface area (Å²) in [4.78, 5) is 31.8. The summed E-state index contributed by atoms with van der Waals surface area (Å²) in [5.41, 5.74) is 6.16. The van der Waals surface area contributed by atoms with Crippen LogP contribution in [0.4, 0.5) is 42.5 Å². The number of carbonyl (C=O) groups excluding carboxylic acids is 1. The molecule has 44 heavy (non-hydrogen) atoms. The molecule has 0 saturated heterocycles. The number of para-hydroxylation sites is 1. The molecule has 1 amide bonds. The molecule has 1 atom stereocenters. The summed E-state index contributed by atoms with van der Waals surface area (Å²) in [6, 6.07) is 7.36. The molecule has 0 aliphatic carbocycles. The van der Waals surface area contributed by atoms with Crippen molar-refractivity contribution in [2.45, 2.75) is 45.0 Å². The van der Waals surface area contributed by atoms with E-state index in [9.17, 15) is 40.6 Å². The Morgan fingerprint density at radius 3 is 2.34 bits per heavy atom. The van der Waals surface area contributed by atoms with Crippen LogP contribution in [-0.2, 0) is 30.6 Å². The van der Waals surface area contributed by atoms with Gasteiger partial charge in [-0.05, 0) is 31.2 Å². The number of nitrogens with two attached hydrogens (primary N) is 1. The van der Waals surface area contributed by atoms with E-state index in [1.54, 1.807) is 24.0 Å². The molecule has 6 N–H and O–H groups in total. The standard InChI is InChI=1S/C24H21F4N7O2.C2HF3O2/c1-11(36)19-15-9-35(10-18(15)33-34-19)23-31-20-12(21(29)37)4-2-5-13(20)22(32-23)30-8-14-16(24(26,27)28)6-3-7-17(14)25;3-2(4,5)1(6)7/h2-7,11,36H,8-10H2,1H3,(H2,29,37)(H,33,34)(H,30,31,32);(H,6,7). The van der Waals surface area contributed by atoms with Gasteiger partial charge in [0.1, 0.15) is 11.6 Å². The topological polar surface area (TPSA) is 170 Å². The highest BCUT2D eigenvalue weighted by atomic mass is 19.4. The Labute approximate surface area is 242 Å². The normalized spacial score (nSPS) is 13.7. The predicted molar refractivity (Wildman–Crippen MR) is 140 cm³/mol. The summed E-state index contributed by atoms with van der Waals surface area (Å²) in [6.45, 7) is 1.67. The first kappa shape index (κ1) is 31.9. The Bertz CT molecular complexity index is 1720. The first-order valence-electron chi connectivity index (χ1n) is 12.5. The summed E-state index contributed by atoms with van der Waals surface area (Å²) in [5.74, 6) is -4.26. The molecule has 3 heterocycles. The van der Waals surface area contributed by atoms with Crippen molar-refractivity contribution >= 4 is 34.5 Å². The molecule has 0 radical (unpaired) electrons. The van der Waals surface area contributed by atoms with E-state index in [1.807, 2.05) is 0 Å². The number of nitrogens with zero attached hydrogens (tertiary/aromatic N) is 4. The van der Waals surface area contributed by atoms with Crippen molar-refractivity contribution in [3.63, 3.8) is 0 Å². The van der Waals surface area contributed by atoms with Gasteiger partial charge in [0.2, 0.25) is 5.95 Å². The van der Waals surface area contributed by atoms with Gasteiger partial charge in [-0.2, -0.15) is 36.4 Å². The van der Waals surface area contributed by atoms with E-state index < -0.39 is 53.8 Å². The smallest absolute Gasteiger partial charge is 0.475 e. The van der Waals surface area contributed by atoms with Crippen LogP contribution in [0, 0.1) is 5.82 Å². The number of aromatic nitrogens is 4. The van der Waals surface area contributed by atoms with Crippen LogP contribution in [-0.4, -0.2) is 48.4 Å². The number of carbonyl (C=O) groups is 2. The second kappa shape index (κ2) is 11.9. The van der Waals surface area contributed by atoms with E-state index in [0.29, 0.717) is 24.2 Å². The maximum atomic E-state index is 14.4. The van der Waals surface area contributed by atoms with Gasteiger partial charge in [0.05, 0.1) is 47.2 Å². The molecule has 2 aromatic carbocycles. The number of halogens is 7. The molecule has 0 spiro atoms. The third-order valence-electron chi connectivity index (χ3n) is 6.44. The van der Waals surface area contributed by atoms with Gasteiger partial charge in [-0.15, -0.1) is 0 Å². The number of primary amides is 1. The first-order valence-corrected chi connectivity index (χ1v) is 12.5. The van der Waals surface area contributed by atoms with E-state index >= 15 is 0 Å². The van der Waals surface area contributed by atoms with Gasteiger partial charge in [-0.25, -0.2) is 14.2 Å². The number of alkyl halides is 6. The summed E-state index contributed by atoms with van der Waals surface area (Å²) in [6.07, 6.45) is -10.6. The van der Waals surface area contributed by atoms with Gasteiger partial charge in [0.15, 0.2) is 0 Å². The Kier molecular flexibility index (Phi) is 8.67. The number of aromatic amines is 1. The number of hydrogen-bond acceptors (Lipinski definition) is 8. The van der Waals surface area contributed by atoms with Crippen molar-refractivity contribution in [2.75, 3.05) is 10.2 Å². The molecular weight excluding hydrogens is 607 g/mol. The van der Waals surface area contributed by atoms with E-state index in [2.05, 4.69) is 25.5 Å². The Hall–Kier alpha value is -5.00. The zero-order chi connectivity index (χ0) is 32.6. The quantitative estimate of drug-likeness (QED) is 0.194. The maximum Gasteiger partial charge on any atom is 0.490 e. The van der Waals surface area contributed by atoms with E-state index in [4.69, 9.17) is 15.6 Å². The second-order valence-electron chi connectivity index (χ2n) is 9.46. The molecule has 1 unspecified atom stereocenters. The fourth-order valence-corrected chi connectivity index (χ4v) is 4.44. The van der Waals surface area contributed by atoms with Gasteiger partial charge in [-0.1, -0.05) is 12.1 Å². The van der Waals surface area contributed by atoms with Crippen molar-refractivity contribution in [1.29, 1.82) is 0 Å². The number of fused-ring (bicyclic) bond motifs is 2. The van der Waals surface area contributed by atoms with Gasteiger partial charge >= 0.3 is 18.3 Å². The summed E-state index contributed by atoms with van der Waals surface area (Å²) in [5, 5.41) is 27.2. The molecule has 18 heteroatoms. The minimum Gasteiger partial charge on any atom is -0.475 e. The lowest BCUT2D eigenvalue weighted by atomic mass is 10.1. The van der Waals surface area contributed by atoms with E-state index in [0.717, 1.165) is 29.5 Å². The summed E-state index contributed by atoms with van der Waals surface area (Å²) >= 11 is 0.